The van der Waals surface area contributed by atoms with Crippen LogP contribution in [0.5, 0.6) is 0 Å². The molecule has 130 valence electrons. The van der Waals surface area contributed by atoms with Crippen LogP contribution in [0.4, 0.5) is 0 Å². The molecule has 2 aromatic rings. The quantitative estimate of drug-likeness (QED) is 0.819. The number of oxazole rings is 1. The molecule has 0 atom stereocenters. The number of amides is 1. The van der Waals surface area contributed by atoms with Gasteiger partial charge in [-0.1, -0.05) is 45.0 Å². The van der Waals surface area contributed by atoms with Crippen molar-refractivity contribution in [3.05, 3.63) is 52.7 Å². The standard InChI is InChI=1S/C20H28N2O2/c1-14-9-6-7-10-16(14)13-18(23)21-12-8-11-17-15(2)22-19(24-17)20(3,4)5/h6-7,9-10H,8,11-13H2,1-5H3,(H,21,23). The molecule has 0 aliphatic heterocycles. The van der Waals surface area contributed by atoms with Crippen molar-refractivity contribution in [1.29, 1.82) is 0 Å². The van der Waals surface area contributed by atoms with Gasteiger partial charge in [-0.3, -0.25) is 4.79 Å². The molecule has 1 N–H and O–H groups in total. The molecule has 0 spiro atoms. The highest BCUT2D eigenvalue weighted by molar-refractivity contribution is 5.78. The molecule has 0 aliphatic carbocycles. The molecule has 24 heavy (non-hydrogen) atoms. The summed E-state index contributed by atoms with van der Waals surface area (Å²) in [5, 5.41) is 2.98. The number of rotatable bonds is 6. The van der Waals surface area contributed by atoms with Crippen LogP contribution in [-0.4, -0.2) is 17.4 Å². The van der Waals surface area contributed by atoms with Crippen molar-refractivity contribution in [3.8, 4) is 0 Å². The number of hydrogen-bond acceptors (Lipinski definition) is 3. The lowest BCUT2D eigenvalue weighted by Gasteiger charge is -2.12. The minimum atomic E-state index is -0.0786. The SMILES string of the molecule is Cc1ccccc1CC(=O)NCCCc1oc(C(C)(C)C)nc1C. The summed E-state index contributed by atoms with van der Waals surface area (Å²) >= 11 is 0. The molecule has 0 radical (unpaired) electrons. The first-order chi connectivity index (χ1) is 11.3. The molecule has 4 nitrogen and oxygen atoms in total. The van der Waals surface area contributed by atoms with Crippen LogP contribution in [0.15, 0.2) is 28.7 Å². The van der Waals surface area contributed by atoms with Gasteiger partial charge in [0.05, 0.1) is 12.1 Å². The average molecular weight is 328 g/mol. The third-order valence-corrected chi connectivity index (χ3v) is 4.05. The van der Waals surface area contributed by atoms with Crippen LogP contribution < -0.4 is 5.32 Å². The van der Waals surface area contributed by atoms with E-state index in [0.29, 0.717) is 13.0 Å². The molecule has 1 aromatic heterocycles. The second kappa shape index (κ2) is 7.65. The average Bonchev–Trinajstić information content (AvgIpc) is 2.87. The first kappa shape index (κ1) is 18.2. The highest BCUT2D eigenvalue weighted by Crippen LogP contribution is 2.24. The van der Waals surface area contributed by atoms with E-state index < -0.39 is 0 Å². The summed E-state index contributed by atoms with van der Waals surface area (Å²) in [4.78, 5) is 16.5. The number of nitrogens with one attached hydrogen (secondary N) is 1. The Morgan fingerprint density at radius 2 is 1.92 bits per heavy atom. The molecule has 0 saturated carbocycles. The zero-order valence-corrected chi connectivity index (χ0v) is 15.4. The van der Waals surface area contributed by atoms with Gasteiger partial charge in [0.25, 0.3) is 0 Å². The maximum Gasteiger partial charge on any atom is 0.224 e. The van der Waals surface area contributed by atoms with E-state index in [2.05, 4.69) is 31.1 Å². The van der Waals surface area contributed by atoms with Crippen LogP contribution in [0.25, 0.3) is 0 Å². The summed E-state index contributed by atoms with van der Waals surface area (Å²) in [6.07, 6.45) is 2.07. The van der Waals surface area contributed by atoms with Gasteiger partial charge in [-0.15, -0.1) is 0 Å². The number of carbonyl (C=O) groups excluding carboxylic acids is 1. The Bertz CT molecular complexity index is 696. The second-order valence-corrected chi connectivity index (χ2v) is 7.33. The van der Waals surface area contributed by atoms with E-state index in [1.54, 1.807) is 0 Å². The normalized spacial score (nSPS) is 11.5. The maximum absolute atomic E-state index is 12.0. The van der Waals surface area contributed by atoms with Gasteiger partial charge < -0.3 is 9.73 Å². The predicted octanol–water partition coefficient (Wildman–Crippen LogP) is 3.88. The molecule has 0 bridgehead atoms. The van der Waals surface area contributed by atoms with Crippen LogP contribution in [0, 0.1) is 13.8 Å². The summed E-state index contributed by atoms with van der Waals surface area (Å²) in [5.41, 5.74) is 3.10. The molecule has 4 heteroatoms. The molecule has 0 unspecified atom stereocenters. The predicted molar refractivity (Wildman–Crippen MR) is 96.2 cm³/mol. The summed E-state index contributed by atoms with van der Waals surface area (Å²) in [7, 11) is 0. The lowest BCUT2D eigenvalue weighted by atomic mass is 9.97. The Kier molecular flexibility index (Phi) is 5.81. The van der Waals surface area contributed by atoms with E-state index in [9.17, 15) is 4.79 Å². The van der Waals surface area contributed by atoms with E-state index in [1.165, 1.54) is 0 Å². The fourth-order valence-electron chi connectivity index (χ4n) is 2.50. The largest absolute Gasteiger partial charge is 0.445 e. The minimum absolute atomic E-state index is 0.0639. The van der Waals surface area contributed by atoms with E-state index >= 15 is 0 Å². The Morgan fingerprint density at radius 3 is 2.54 bits per heavy atom. The second-order valence-electron chi connectivity index (χ2n) is 7.33. The fourth-order valence-corrected chi connectivity index (χ4v) is 2.50. The van der Waals surface area contributed by atoms with Crippen molar-refractivity contribution < 1.29 is 9.21 Å². The number of nitrogens with zero attached hydrogens (tertiary/aromatic N) is 1. The highest BCUT2D eigenvalue weighted by Gasteiger charge is 2.22. The lowest BCUT2D eigenvalue weighted by molar-refractivity contribution is -0.120. The van der Waals surface area contributed by atoms with Crippen LogP contribution in [-0.2, 0) is 23.1 Å². The van der Waals surface area contributed by atoms with Gasteiger partial charge in [0.2, 0.25) is 5.91 Å². The monoisotopic (exact) mass is 328 g/mol. The number of aromatic nitrogens is 1. The van der Waals surface area contributed by atoms with Crippen LogP contribution in [0.2, 0.25) is 0 Å². The topological polar surface area (TPSA) is 55.1 Å². The number of hydrogen-bond donors (Lipinski definition) is 1. The maximum atomic E-state index is 12.0. The Hall–Kier alpha value is -2.10. The van der Waals surface area contributed by atoms with Gasteiger partial charge in [-0.2, -0.15) is 0 Å². The summed E-state index contributed by atoms with van der Waals surface area (Å²) in [6, 6.07) is 7.99. The number of carbonyl (C=O) groups is 1. The molecular formula is C20H28N2O2. The molecule has 2 rings (SSSR count). The van der Waals surface area contributed by atoms with Crippen molar-refractivity contribution in [1.82, 2.24) is 10.3 Å². The zero-order chi connectivity index (χ0) is 17.7. The fraction of sp³-hybridized carbons (Fsp3) is 0.500. The molecule has 0 aliphatic rings. The Morgan fingerprint density at radius 1 is 1.21 bits per heavy atom. The van der Waals surface area contributed by atoms with E-state index in [4.69, 9.17) is 4.42 Å². The summed E-state index contributed by atoms with van der Waals surface area (Å²) < 4.78 is 5.87. The first-order valence-electron chi connectivity index (χ1n) is 8.55. The van der Waals surface area contributed by atoms with Crippen molar-refractivity contribution in [2.75, 3.05) is 6.54 Å². The van der Waals surface area contributed by atoms with Crippen LogP contribution >= 0.6 is 0 Å². The van der Waals surface area contributed by atoms with E-state index in [0.717, 1.165) is 41.3 Å². The molecule has 1 amide bonds. The molecular weight excluding hydrogens is 300 g/mol. The summed E-state index contributed by atoms with van der Waals surface area (Å²) in [5.74, 6) is 1.76. The molecule has 1 heterocycles. The van der Waals surface area contributed by atoms with Crippen molar-refractivity contribution in [2.24, 2.45) is 0 Å². The third-order valence-electron chi connectivity index (χ3n) is 4.05. The molecule has 0 saturated heterocycles. The van der Waals surface area contributed by atoms with Gasteiger partial charge in [0.1, 0.15) is 5.76 Å². The van der Waals surface area contributed by atoms with Crippen molar-refractivity contribution in [2.45, 2.75) is 59.3 Å². The smallest absolute Gasteiger partial charge is 0.224 e. The van der Waals surface area contributed by atoms with Crippen LogP contribution in [0.3, 0.4) is 0 Å². The first-order valence-corrected chi connectivity index (χ1v) is 8.55. The van der Waals surface area contributed by atoms with E-state index in [-0.39, 0.29) is 11.3 Å². The molecule has 1 aromatic carbocycles. The van der Waals surface area contributed by atoms with Gasteiger partial charge in [-0.05, 0) is 31.4 Å². The summed E-state index contributed by atoms with van der Waals surface area (Å²) in [6.45, 7) is 10.9. The molecule has 0 fully saturated rings. The van der Waals surface area contributed by atoms with Gasteiger partial charge >= 0.3 is 0 Å². The van der Waals surface area contributed by atoms with Crippen molar-refractivity contribution >= 4 is 5.91 Å². The zero-order valence-electron chi connectivity index (χ0n) is 15.4. The minimum Gasteiger partial charge on any atom is -0.445 e. The lowest BCUT2D eigenvalue weighted by Crippen LogP contribution is -2.26. The number of aryl methyl sites for hydroxylation is 3. The van der Waals surface area contributed by atoms with Gasteiger partial charge in [0.15, 0.2) is 5.89 Å². The Balaban J connectivity index is 1.78. The number of benzene rings is 1. The Labute approximate surface area is 144 Å². The van der Waals surface area contributed by atoms with Crippen molar-refractivity contribution in [3.63, 3.8) is 0 Å². The van der Waals surface area contributed by atoms with E-state index in [1.807, 2.05) is 38.1 Å². The van der Waals surface area contributed by atoms with Gasteiger partial charge in [-0.25, -0.2) is 4.98 Å². The van der Waals surface area contributed by atoms with Crippen LogP contribution in [0.1, 0.15) is 55.7 Å². The van der Waals surface area contributed by atoms with Gasteiger partial charge in [0, 0.05) is 18.4 Å². The third kappa shape index (κ3) is 4.95. The highest BCUT2D eigenvalue weighted by atomic mass is 16.4.